The zero-order chi connectivity index (χ0) is 9.84. The summed E-state index contributed by atoms with van der Waals surface area (Å²) >= 11 is 0. The largest absolute Gasteiger partial charge is 0.480 e. The van der Waals surface area contributed by atoms with Crippen LogP contribution in [0.2, 0.25) is 0 Å². The van der Waals surface area contributed by atoms with Gasteiger partial charge in [0.1, 0.15) is 0 Å². The van der Waals surface area contributed by atoms with Crippen molar-refractivity contribution in [3.63, 3.8) is 0 Å². The Hall–Kier alpha value is -1.65. The normalized spacial score (nSPS) is 9.46. The summed E-state index contributed by atoms with van der Waals surface area (Å²) in [6.45, 7) is 1.80. The van der Waals surface area contributed by atoms with Gasteiger partial charge in [-0.2, -0.15) is 0 Å². The monoisotopic (exact) mass is 181 g/mol. The van der Waals surface area contributed by atoms with Crippen molar-refractivity contribution in [1.29, 1.82) is 5.41 Å². The average Bonchev–Trinajstić information content (AvgIpc) is 2.16. The molecule has 0 spiro atoms. The van der Waals surface area contributed by atoms with Crippen LogP contribution in [0.5, 0.6) is 5.88 Å². The lowest BCUT2D eigenvalue weighted by Gasteiger charge is -2.06. The molecule has 0 aliphatic rings. The van der Waals surface area contributed by atoms with Gasteiger partial charge in [-0.3, -0.25) is 5.41 Å². The van der Waals surface area contributed by atoms with Crippen molar-refractivity contribution in [2.24, 2.45) is 0 Å². The molecule has 0 aliphatic carbocycles. The Labute approximate surface area is 76.2 Å². The van der Waals surface area contributed by atoms with Crippen LogP contribution in [0.4, 0.5) is 0 Å². The summed E-state index contributed by atoms with van der Waals surface area (Å²) in [6.07, 6.45) is 1.56. The van der Waals surface area contributed by atoms with Crippen molar-refractivity contribution in [3.05, 3.63) is 17.6 Å². The van der Waals surface area contributed by atoms with E-state index in [0.717, 1.165) is 5.69 Å². The number of methoxy groups -OCH3 is 2. The van der Waals surface area contributed by atoms with Crippen LogP contribution >= 0.6 is 0 Å². The van der Waals surface area contributed by atoms with Crippen molar-refractivity contribution < 1.29 is 9.47 Å². The lowest BCUT2D eigenvalue weighted by molar-refractivity contribution is 0.375. The molecule has 70 valence electrons. The molecule has 1 aromatic heterocycles. The zero-order valence-electron chi connectivity index (χ0n) is 7.79. The van der Waals surface area contributed by atoms with Gasteiger partial charge in [0.25, 0.3) is 0 Å². The molecule has 1 N–H and O–H groups in total. The molecule has 1 rings (SSSR count). The molecular formula is C8H11N3O2. The molecule has 0 saturated carbocycles. The lowest BCUT2D eigenvalue weighted by atomic mass is 10.4. The third-order valence-electron chi connectivity index (χ3n) is 1.47. The van der Waals surface area contributed by atoms with Crippen molar-refractivity contribution >= 4 is 5.90 Å². The lowest BCUT2D eigenvalue weighted by Crippen LogP contribution is -2.08. The maximum atomic E-state index is 7.39. The predicted octanol–water partition coefficient (Wildman–Crippen LogP) is 0.765. The Morgan fingerprint density at radius 1 is 1.46 bits per heavy atom. The first-order valence-electron chi connectivity index (χ1n) is 3.69. The number of ether oxygens (including phenoxy) is 2. The minimum Gasteiger partial charge on any atom is -0.480 e. The molecular weight excluding hydrogens is 170 g/mol. The Bertz CT molecular complexity index is 325. The van der Waals surface area contributed by atoms with Gasteiger partial charge in [-0.05, 0) is 6.92 Å². The minimum absolute atomic E-state index is 0.0515. The van der Waals surface area contributed by atoms with E-state index in [2.05, 4.69) is 9.97 Å². The molecule has 13 heavy (non-hydrogen) atoms. The molecule has 0 unspecified atom stereocenters. The van der Waals surface area contributed by atoms with Gasteiger partial charge in [0.05, 0.1) is 19.9 Å². The number of nitrogens with zero attached hydrogens (tertiary/aromatic N) is 2. The van der Waals surface area contributed by atoms with Gasteiger partial charge in [-0.25, -0.2) is 9.97 Å². The fourth-order valence-corrected chi connectivity index (χ4v) is 0.850. The van der Waals surface area contributed by atoms with E-state index in [4.69, 9.17) is 14.9 Å². The Kier molecular flexibility index (Phi) is 2.79. The first-order valence-corrected chi connectivity index (χ1v) is 3.69. The van der Waals surface area contributed by atoms with E-state index in [-0.39, 0.29) is 5.90 Å². The summed E-state index contributed by atoms with van der Waals surface area (Å²) in [5.74, 6) is 0.260. The molecule has 0 aliphatic heterocycles. The van der Waals surface area contributed by atoms with Crippen molar-refractivity contribution in [2.75, 3.05) is 14.2 Å². The van der Waals surface area contributed by atoms with Crippen LogP contribution in [-0.2, 0) is 4.74 Å². The van der Waals surface area contributed by atoms with Crippen LogP contribution in [0.1, 0.15) is 11.4 Å². The molecule has 0 radical (unpaired) electrons. The number of aromatic nitrogens is 2. The number of hydrogen-bond donors (Lipinski definition) is 1. The third kappa shape index (κ3) is 1.93. The molecule has 0 saturated heterocycles. The summed E-state index contributed by atoms with van der Waals surface area (Å²) in [5.41, 5.74) is 1.06. The summed E-state index contributed by atoms with van der Waals surface area (Å²) in [7, 11) is 2.89. The SMILES string of the molecule is COC(=N)c1ncc(C)nc1OC. The molecule has 0 fully saturated rings. The summed E-state index contributed by atoms with van der Waals surface area (Å²) in [6, 6.07) is 0. The maximum absolute atomic E-state index is 7.39. The molecule has 0 amide bonds. The van der Waals surface area contributed by atoms with E-state index in [9.17, 15) is 0 Å². The third-order valence-corrected chi connectivity index (χ3v) is 1.47. The maximum Gasteiger partial charge on any atom is 0.245 e. The Morgan fingerprint density at radius 3 is 2.69 bits per heavy atom. The number of hydrogen-bond acceptors (Lipinski definition) is 5. The van der Waals surface area contributed by atoms with Crippen LogP contribution in [0.15, 0.2) is 6.20 Å². The van der Waals surface area contributed by atoms with Gasteiger partial charge in [-0.15, -0.1) is 0 Å². The quantitative estimate of drug-likeness (QED) is 0.540. The fraction of sp³-hybridized carbons (Fsp3) is 0.375. The highest BCUT2D eigenvalue weighted by Gasteiger charge is 2.11. The topological polar surface area (TPSA) is 68.1 Å². The summed E-state index contributed by atoms with van der Waals surface area (Å²) in [4.78, 5) is 8.04. The van der Waals surface area contributed by atoms with E-state index in [1.807, 2.05) is 0 Å². The van der Waals surface area contributed by atoms with Gasteiger partial charge in [-0.1, -0.05) is 0 Å². The molecule has 1 heterocycles. The molecule has 5 nitrogen and oxygen atoms in total. The molecule has 0 aromatic carbocycles. The second-order valence-electron chi connectivity index (χ2n) is 2.40. The summed E-state index contributed by atoms with van der Waals surface area (Å²) in [5, 5.41) is 7.39. The van der Waals surface area contributed by atoms with Gasteiger partial charge < -0.3 is 9.47 Å². The Morgan fingerprint density at radius 2 is 2.15 bits per heavy atom. The second kappa shape index (κ2) is 3.84. The average molecular weight is 181 g/mol. The van der Waals surface area contributed by atoms with Crippen molar-refractivity contribution in [3.8, 4) is 5.88 Å². The van der Waals surface area contributed by atoms with Crippen molar-refractivity contribution in [2.45, 2.75) is 6.92 Å². The minimum atomic E-state index is -0.0515. The van der Waals surface area contributed by atoms with E-state index in [1.54, 1.807) is 13.1 Å². The van der Waals surface area contributed by atoms with E-state index in [0.29, 0.717) is 11.6 Å². The van der Waals surface area contributed by atoms with Crippen LogP contribution < -0.4 is 4.74 Å². The van der Waals surface area contributed by atoms with Crippen LogP contribution in [0, 0.1) is 12.3 Å². The smallest absolute Gasteiger partial charge is 0.245 e. The van der Waals surface area contributed by atoms with Crippen LogP contribution in [0.25, 0.3) is 0 Å². The van der Waals surface area contributed by atoms with E-state index in [1.165, 1.54) is 14.2 Å². The van der Waals surface area contributed by atoms with E-state index >= 15 is 0 Å². The first-order chi connectivity index (χ1) is 6.19. The number of nitrogens with one attached hydrogen (secondary N) is 1. The van der Waals surface area contributed by atoms with Gasteiger partial charge in [0.2, 0.25) is 11.8 Å². The molecule has 0 bridgehead atoms. The predicted molar refractivity (Wildman–Crippen MR) is 47.2 cm³/mol. The second-order valence-corrected chi connectivity index (χ2v) is 2.40. The highest BCUT2D eigenvalue weighted by molar-refractivity contribution is 5.91. The molecule has 5 heteroatoms. The van der Waals surface area contributed by atoms with E-state index < -0.39 is 0 Å². The first kappa shape index (κ1) is 9.44. The summed E-state index contributed by atoms with van der Waals surface area (Å²) < 4.78 is 9.67. The van der Waals surface area contributed by atoms with Gasteiger partial charge in [0.15, 0.2) is 5.69 Å². The number of aryl methyl sites for hydroxylation is 1. The van der Waals surface area contributed by atoms with Gasteiger partial charge in [0, 0.05) is 6.20 Å². The highest BCUT2D eigenvalue weighted by Crippen LogP contribution is 2.12. The Balaban J connectivity index is 3.13. The molecule has 0 atom stereocenters. The fourth-order valence-electron chi connectivity index (χ4n) is 0.850. The van der Waals surface area contributed by atoms with Gasteiger partial charge >= 0.3 is 0 Å². The van der Waals surface area contributed by atoms with Crippen molar-refractivity contribution in [1.82, 2.24) is 9.97 Å². The standard InChI is InChI=1S/C8H11N3O2/c1-5-4-10-6(7(9)12-2)8(11-5)13-3/h4,9H,1-3H3. The van der Waals surface area contributed by atoms with Crippen LogP contribution in [-0.4, -0.2) is 30.1 Å². The van der Waals surface area contributed by atoms with Crippen LogP contribution in [0.3, 0.4) is 0 Å². The highest BCUT2D eigenvalue weighted by atomic mass is 16.5. The zero-order valence-corrected chi connectivity index (χ0v) is 7.79. The molecule has 1 aromatic rings. The number of rotatable bonds is 2.